The van der Waals surface area contributed by atoms with Crippen LogP contribution in [0.5, 0.6) is 0 Å². The molecule has 0 bridgehead atoms. The first-order valence-corrected chi connectivity index (χ1v) is 8.27. The highest BCUT2D eigenvalue weighted by Gasteiger charge is 2.34. The molecule has 0 unspecified atom stereocenters. The van der Waals surface area contributed by atoms with E-state index in [4.69, 9.17) is 0 Å². The third kappa shape index (κ3) is 5.32. The number of hydrogen-bond donors (Lipinski definition) is 3. The van der Waals surface area contributed by atoms with Gasteiger partial charge in [-0.15, -0.1) is 0 Å². The van der Waals surface area contributed by atoms with Crippen LogP contribution in [0.25, 0.3) is 0 Å². The molecule has 26 heavy (non-hydrogen) atoms. The third-order valence-electron chi connectivity index (χ3n) is 3.83. The van der Waals surface area contributed by atoms with E-state index < -0.39 is 17.9 Å². The summed E-state index contributed by atoms with van der Waals surface area (Å²) in [6.45, 7) is 7.25. The summed E-state index contributed by atoms with van der Waals surface area (Å²) in [6.07, 6.45) is -4.61. The van der Waals surface area contributed by atoms with Crippen LogP contribution in [0.4, 0.5) is 30.6 Å². The monoisotopic (exact) mass is 368 g/mol. The summed E-state index contributed by atoms with van der Waals surface area (Å²) in [6, 6.07) is 6.02. The van der Waals surface area contributed by atoms with Crippen molar-refractivity contribution in [2.24, 2.45) is 5.92 Å². The van der Waals surface area contributed by atoms with Crippen LogP contribution in [0.15, 0.2) is 24.3 Å². The highest BCUT2D eigenvalue weighted by molar-refractivity contribution is 5.59. The van der Waals surface area contributed by atoms with Crippen molar-refractivity contribution in [1.29, 1.82) is 0 Å². The van der Waals surface area contributed by atoms with Crippen LogP contribution >= 0.6 is 0 Å². The second-order valence-electron chi connectivity index (χ2n) is 6.64. The number of aromatic nitrogens is 2. The molecule has 3 N–H and O–H groups in total. The molecule has 142 valence electrons. The highest BCUT2D eigenvalue weighted by Crippen LogP contribution is 2.31. The molecule has 0 amide bonds. The van der Waals surface area contributed by atoms with E-state index in [1.54, 1.807) is 0 Å². The van der Waals surface area contributed by atoms with Gasteiger partial charge < -0.3 is 15.7 Å². The van der Waals surface area contributed by atoms with Crippen LogP contribution < -0.4 is 10.6 Å². The van der Waals surface area contributed by atoms with Gasteiger partial charge in [0, 0.05) is 11.8 Å². The maximum Gasteiger partial charge on any atom is 0.433 e. The summed E-state index contributed by atoms with van der Waals surface area (Å²) in [5.41, 5.74) is 1.55. The van der Waals surface area contributed by atoms with Crippen LogP contribution in [0, 0.1) is 19.8 Å². The number of alkyl halides is 3. The summed E-state index contributed by atoms with van der Waals surface area (Å²) in [4.78, 5) is 7.68. The number of aryl methyl sites for hydroxylation is 2. The average molecular weight is 368 g/mol. The Morgan fingerprint density at radius 2 is 1.65 bits per heavy atom. The lowest BCUT2D eigenvalue weighted by Crippen LogP contribution is -2.30. The number of halogens is 3. The predicted molar refractivity (Wildman–Crippen MR) is 95.6 cm³/mol. The Morgan fingerprint density at radius 3 is 2.15 bits per heavy atom. The van der Waals surface area contributed by atoms with E-state index in [1.165, 1.54) is 0 Å². The number of aliphatic hydroxyl groups excluding tert-OH is 1. The molecule has 8 heteroatoms. The Bertz CT molecular complexity index is 742. The molecule has 5 nitrogen and oxygen atoms in total. The number of benzene rings is 1. The minimum absolute atomic E-state index is 0.00558. The van der Waals surface area contributed by atoms with Gasteiger partial charge in [-0.3, -0.25) is 0 Å². The summed E-state index contributed by atoms with van der Waals surface area (Å²) in [7, 11) is 0. The number of hydrogen-bond acceptors (Lipinski definition) is 5. The Hall–Kier alpha value is -2.35. The zero-order valence-electron chi connectivity index (χ0n) is 15.1. The molecule has 0 aliphatic carbocycles. The number of rotatable bonds is 6. The standard InChI is InChI=1S/C18H23F3N4O/c1-10(2)14(9-26)23-17-24-15(18(19,20)21)8-16(25-17)22-13-6-11(3)5-12(4)7-13/h5-8,10,14,26H,9H2,1-4H3,(H2,22,23,24,25)/t14-/m1/s1. The van der Waals surface area contributed by atoms with Gasteiger partial charge in [-0.2, -0.15) is 18.2 Å². The first kappa shape index (κ1) is 20.0. The van der Waals surface area contributed by atoms with E-state index in [-0.39, 0.29) is 24.3 Å². The number of aliphatic hydroxyl groups is 1. The Kier molecular flexibility index (Phi) is 6.07. The van der Waals surface area contributed by atoms with Gasteiger partial charge in [0.1, 0.15) is 5.82 Å². The van der Waals surface area contributed by atoms with Crippen molar-refractivity contribution in [3.63, 3.8) is 0 Å². The van der Waals surface area contributed by atoms with Gasteiger partial charge in [-0.1, -0.05) is 19.9 Å². The molecule has 0 aliphatic rings. The summed E-state index contributed by atoms with van der Waals surface area (Å²) in [5.74, 6) is -0.159. The average Bonchev–Trinajstić information content (AvgIpc) is 2.50. The summed E-state index contributed by atoms with van der Waals surface area (Å²) in [5, 5.41) is 15.1. The third-order valence-corrected chi connectivity index (χ3v) is 3.83. The molecule has 1 aromatic carbocycles. The molecule has 1 heterocycles. The van der Waals surface area contributed by atoms with Gasteiger partial charge >= 0.3 is 6.18 Å². The molecule has 2 aromatic rings. The first-order valence-electron chi connectivity index (χ1n) is 8.27. The second kappa shape index (κ2) is 7.90. The number of anilines is 3. The minimum atomic E-state index is -4.61. The van der Waals surface area contributed by atoms with Crippen LogP contribution in [-0.4, -0.2) is 27.7 Å². The minimum Gasteiger partial charge on any atom is -0.394 e. The summed E-state index contributed by atoms with van der Waals surface area (Å²) >= 11 is 0. The Balaban J connectivity index is 2.39. The van der Waals surface area contributed by atoms with Gasteiger partial charge in [0.05, 0.1) is 12.6 Å². The lowest BCUT2D eigenvalue weighted by atomic mass is 10.1. The van der Waals surface area contributed by atoms with E-state index in [9.17, 15) is 18.3 Å². The molecule has 0 saturated carbocycles. The molecule has 0 radical (unpaired) electrons. The van der Waals surface area contributed by atoms with Gasteiger partial charge in [-0.25, -0.2) is 4.98 Å². The van der Waals surface area contributed by atoms with Crippen molar-refractivity contribution in [3.8, 4) is 0 Å². The molecule has 0 fully saturated rings. The Labute approximate surface area is 150 Å². The maximum atomic E-state index is 13.2. The van der Waals surface area contributed by atoms with E-state index in [1.807, 2.05) is 45.9 Å². The molecule has 0 spiro atoms. The first-order chi connectivity index (χ1) is 12.1. The van der Waals surface area contributed by atoms with Crippen molar-refractivity contribution in [2.45, 2.75) is 39.9 Å². The largest absolute Gasteiger partial charge is 0.433 e. The molecule has 1 aromatic heterocycles. The maximum absolute atomic E-state index is 13.2. The SMILES string of the molecule is Cc1cc(C)cc(Nc2cc(C(F)(F)F)nc(N[C@H](CO)C(C)C)n2)c1. The van der Waals surface area contributed by atoms with Crippen molar-refractivity contribution in [1.82, 2.24) is 9.97 Å². The van der Waals surface area contributed by atoms with Gasteiger partial charge in [-0.05, 0) is 43.0 Å². The van der Waals surface area contributed by atoms with Crippen LogP contribution in [0.1, 0.15) is 30.7 Å². The number of nitrogens with one attached hydrogen (secondary N) is 2. The van der Waals surface area contributed by atoms with Crippen LogP contribution in [0.3, 0.4) is 0 Å². The van der Waals surface area contributed by atoms with Crippen LogP contribution in [0.2, 0.25) is 0 Å². The molecule has 0 saturated heterocycles. The molecular formula is C18H23F3N4O. The lowest BCUT2D eigenvalue weighted by molar-refractivity contribution is -0.141. The topological polar surface area (TPSA) is 70.1 Å². The van der Waals surface area contributed by atoms with Gasteiger partial charge in [0.15, 0.2) is 5.69 Å². The van der Waals surface area contributed by atoms with E-state index in [2.05, 4.69) is 20.6 Å². The van der Waals surface area contributed by atoms with E-state index >= 15 is 0 Å². The fourth-order valence-electron chi connectivity index (χ4n) is 2.50. The molecule has 1 atom stereocenters. The second-order valence-corrected chi connectivity index (χ2v) is 6.64. The van der Waals surface area contributed by atoms with Gasteiger partial charge in [0.25, 0.3) is 0 Å². The van der Waals surface area contributed by atoms with Crippen molar-refractivity contribution < 1.29 is 18.3 Å². The van der Waals surface area contributed by atoms with E-state index in [0.29, 0.717) is 5.69 Å². The molecular weight excluding hydrogens is 345 g/mol. The van der Waals surface area contributed by atoms with Crippen molar-refractivity contribution in [3.05, 3.63) is 41.1 Å². The normalized spacial score (nSPS) is 13.0. The molecule has 0 aliphatic heterocycles. The highest BCUT2D eigenvalue weighted by atomic mass is 19.4. The fraction of sp³-hybridized carbons (Fsp3) is 0.444. The van der Waals surface area contributed by atoms with Crippen LogP contribution in [-0.2, 0) is 6.18 Å². The summed E-state index contributed by atoms with van der Waals surface area (Å²) < 4.78 is 39.6. The Morgan fingerprint density at radius 1 is 1.04 bits per heavy atom. The fourth-order valence-corrected chi connectivity index (χ4v) is 2.50. The zero-order valence-corrected chi connectivity index (χ0v) is 15.1. The zero-order chi connectivity index (χ0) is 19.5. The van der Waals surface area contributed by atoms with Crippen molar-refractivity contribution >= 4 is 17.5 Å². The van der Waals surface area contributed by atoms with Crippen molar-refractivity contribution in [2.75, 3.05) is 17.2 Å². The molecule has 2 rings (SSSR count). The quantitative estimate of drug-likeness (QED) is 0.710. The smallest absolute Gasteiger partial charge is 0.394 e. The van der Waals surface area contributed by atoms with Gasteiger partial charge in [0.2, 0.25) is 5.95 Å². The van der Waals surface area contributed by atoms with E-state index in [0.717, 1.165) is 17.2 Å². The lowest BCUT2D eigenvalue weighted by Gasteiger charge is -2.21. The number of nitrogens with zero attached hydrogens (tertiary/aromatic N) is 2. The predicted octanol–water partition coefficient (Wildman–Crippen LogP) is 4.28.